The maximum Gasteiger partial charge on any atom is 0.303 e. The van der Waals surface area contributed by atoms with Crippen LogP contribution in [0.4, 0.5) is 5.69 Å². The molecule has 0 saturated carbocycles. The average molecular weight is 954 g/mol. The highest BCUT2D eigenvalue weighted by molar-refractivity contribution is 7.09. The number of likely N-dealkylation sites (N-methyl/N-ethyl adjacent to an activating group) is 2. The van der Waals surface area contributed by atoms with E-state index in [2.05, 4.69) is 26.3 Å². The van der Waals surface area contributed by atoms with Crippen LogP contribution in [-0.4, -0.2) is 137 Å². The second kappa shape index (κ2) is 25.4. The number of carbonyl (C=O) groups excluding carboxylic acids is 8. The molecule has 2 aromatic rings. The van der Waals surface area contributed by atoms with Crippen LogP contribution in [0.2, 0.25) is 0 Å². The van der Waals surface area contributed by atoms with Gasteiger partial charge in [0, 0.05) is 82.0 Å². The molecular formula is C47H71N9O10S. The maximum atomic E-state index is 14.3. The molecule has 1 unspecified atom stereocenters. The summed E-state index contributed by atoms with van der Waals surface area (Å²) in [5.74, 6) is -4.46. The molecule has 1 aliphatic heterocycles. The van der Waals surface area contributed by atoms with Gasteiger partial charge in [-0.3, -0.25) is 48.2 Å². The molecule has 6 atom stereocenters. The summed E-state index contributed by atoms with van der Waals surface area (Å²) in [6.07, 6.45) is 2.69. The number of aromatic nitrogens is 1. The highest BCUT2D eigenvalue weighted by Gasteiger charge is 2.39. The number of nitrogens with zero attached hydrogens (tertiary/aromatic N) is 4. The fourth-order valence-electron chi connectivity index (χ4n) is 7.34. The Hall–Kier alpha value is -5.73. The Bertz CT molecular complexity index is 2100. The monoisotopic (exact) mass is 954 g/mol. The molecule has 0 bridgehead atoms. The Kier molecular flexibility index (Phi) is 21.1. The zero-order valence-corrected chi connectivity index (χ0v) is 41.6. The number of ether oxygens (including phenoxy) is 1. The molecule has 0 radical (unpaired) electrons. The van der Waals surface area contributed by atoms with Gasteiger partial charge in [-0.1, -0.05) is 47.1 Å². The van der Waals surface area contributed by atoms with Gasteiger partial charge in [-0.2, -0.15) is 0 Å². The lowest BCUT2D eigenvalue weighted by atomic mass is 9.92. The quantitative estimate of drug-likeness (QED) is 0.0450. The molecule has 370 valence electrons. The Morgan fingerprint density at radius 2 is 1.64 bits per heavy atom. The maximum absolute atomic E-state index is 14.3. The van der Waals surface area contributed by atoms with E-state index in [1.54, 1.807) is 63.8 Å². The number of anilines is 1. The van der Waals surface area contributed by atoms with Crippen molar-refractivity contribution in [1.29, 1.82) is 0 Å². The molecule has 20 heteroatoms. The van der Waals surface area contributed by atoms with E-state index in [1.807, 2.05) is 27.7 Å². The number of benzene rings is 1. The van der Waals surface area contributed by atoms with Crippen LogP contribution >= 0.6 is 11.3 Å². The lowest BCUT2D eigenvalue weighted by Crippen LogP contribution is -2.60. The Morgan fingerprint density at radius 1 is 0.985 bits per heavy atom. The van der Waals surface area contributed by atoms with E-state index in [9.17, 15) is 43.5 Å². The van der Waals surface area contributed by atoms with Crippen molar-refractivity contribution in [3.8, 4) is 5.75 Å². The zero-order valence-electron chi connectivity index (χ0n) is 40.8. The first-order chi connectivity index (χ1) is 31.4. The zero-order chi connectivity index (χ0) is 50.3. The smallest absolute Gasteiger partial charge is 0.303 e. The fraction of sp³-hybridized carbons (Fsp3) is 0.596. The fourth-order valence-corrected chi connectivity index (χ4v) is 8.18. The van der Waals surface area contributed by atoms with Gasteiger partial charge in [-0.15, -0.1) is 11.3 Å². The van der Waals surface area contributed by atoms with Gasteiger partial charge in [-0.25, -0.2) is 4.98 Å². The van der Waals surface area contributed by atoms with Crippen LogP contribution < -0.4 is 27.0 Å². The molecule has 7 N–H and O–H groups in total. The van der Waals surface area contributed by atoms with Gasteiger partial charge in [-0.05, 0) is 76.7 Å². The first-order valence-electron chi connectivity index (χ1n) is 22.7. The highest BCUT2D eigenvalue weighted by Crippen LogP contribution is 2.32. The highest BCUT2D eigenvalue weighted by atomic mass is 32.1. The van der Waals surface area contributed by atoms with Crippen LogP contribution in [0.25, 0.3) is 0 Å². The lowest BCUT2D eigenvalue weighted by Gasteiger charge is -2.38. The summed E-state index contributed by atoms with van der Waals surface area (Å²) in [5, 5.41) is 23.9. The number of imide groups is 1. The van der Waals surface area contributed by atoms with Crippen molar-refractivity contribution < 1.29 is 48.2 Å². The molecule has 0 aliphatic carbocycles. The van der Waals surface area contributed by atoms with Gasteiger partial charge in [0.25, 0.3) is 17.7 Å². The summed E-state index contributed by atoms with van der Waals surface area (Å²) in [6.45, 7) is 14.8. The van der Waals surface area contributed by atoms with E-state index in [0.29, 0.717) is 17.0 Å². The summed E-state index contributed by atoms with van der Waals surface area (Å²) >= 11 is 1.11. The topological polar surface area (TPSA) is 263 Å². The first-order valence-corrected chi connectivity index (χ1v) is 23.6. The van der Waals surface area contributed by atoms with E-state index in [-0.39, 0.29) is 98.4 Å². The number of hydrogen-bond donors (Lipinski definition) is 6. The number of rotatable bonds is 26. The number of esters is 1. The molecule has 67 heavy (non-hydrogen) atoms. The van der Waals surface area contributed by atoms with Crippen LogP contribution in [0, 0.1) is 17.8 Å². The number of phenols is 1. The van der Waals surface area contributed by atoms with E-state index in [4.69, 9.17) is 10.5 Å². The number of nitrogens with two attached hydrogens (primary N) is 1. The molecule has 0 spiro atoms. The van der Waals surface area contributed by atoms with Crippen molar-refractivity contribution in [2.75, 3.05) is 46.1 Å². The third-order valence-electron chi connectivity index (χ3n) is 12.2. The van der Waals surface area contributed by atoms with E-state index < -0.39 is 65.3 Å². The number of thiazole rings is 1. The van der Waals surface area contributed by atoms with Crippen LogP contribution in [-0.2, 0) is 44.7 Å². The second-order valence-corrected chi connectivity index (χ2v) is 19.1. The molecule has 2 heterocycles. The number of phenolic OH excluding ortho intramolecular Hbond substituents is 1. The molecule has 1 aromatic carbocycles. The number of hydrogen-bond acceptors (Lipinski definition) is 14. The first kappa shape index (κ1) is 55.6. The predicted molar refractivity (Wildman–Crippen MR) is 254 cm³/mol. The largest absolute Gasteiger partial charge is 0.506 e. The average Bonchev–Trinajstić information content (AvgIpc) is 3.89. The van der Waals surface area contributed by atoms with Crippen LogP contribution in [0.5, 0.6) is 5.75 Å². The summed E-state index contributed by atoms with van der Waals surface area (Å²) in [5.41, 5.74) is 5.46. The van der Waals surface area contributed by atoms with Crippen molar-refractivity contribution in [2.24, 2.45) is 23.5 Å². The molecule has 3 rings (SSSR count). The Morgan fingerprint density at radius 3 is 2.22 bits per heavy atom. The van der Waals surface area contributed by atoms with Gasteiger partial charge in [0.2, 0.25) is 23.6 Å². The number of aromatic hydroxyl groups is 1. The van der Waals surface area contributed by atoms with E-state index in [1.165, 1.54) is 30.5 Å². The van der Waals surface area contributed by atoms with Gasteiger partial charge in [0.05, 0.1) is 11.2 Å². The third kappa shape index (κ3) is 16.0. The number of carbonyl (C=O) groups is 8. The van der Waals surface area contributed by atoms with Crippen molar-refractivity contribution >= 4 is 64.3 Å². The Balaban J connectivity index is 1.85. The minimum Gasteiger partial charge on any atom is -0.506 e. The lowest BCUT2D eigenvalue weighted by molar-refractivity contribution is -0.149. The summed E-state index contributed by atoms with van der Waals surface area (Å²) in [6, 6.07) is 2.62. The number of amides is 7. The molecule has 1 aromatic heterocycles. The van der Waals surface area contributed by atoms with Crippen molar-refractivity contribution in [1.82, 2.24) is 35.6 Å². The minimum atomic E-state index is -0.939. The van der Waals surface area contributed by atoms with E-state index >= 15 is 0 Å². The van der Waals surface area contributed by atoms with Gasteiger partial charge in [0.1, 0.15) is 22.5 Å². The summed E-state index contributed by atoms with van der Waals surface area (Å²) in [4.78, 5) is 113. The molecule has 0 saturated heterocycles. The minimum absolute atomic E-state index is 0.0303. The standard InChI is InChI=1S/C47H71N9O10S/c1-12-28(4)41(53-46(65)47(7,8)54(9)10)45(64)55(11)35(27(2)3)25-37(66-30(6)57)44-52-34(26-67-44)43(63)50-32(22-29(5)42(62)49-20-19-48)23-31-15-16-36(58)33(24-31)51-38(59)14-13-21-56-39(60)17-18-40(56)61/h15-18,24,26-29,32,35,37,41,58H,12-14,19-23,25,48H2,1-11H3,(H,49,62)(H,50,63)(H,51,59)(H,53,65)/t28-,29?,32+,35+,37+,41-/m0/s1. The van der Waals surface area contributed by atoms with Crippen molar-refractivity contribution in [2.45, 2.75) is 124 Å². The van der Waals surface area contributed by atoms with Crippen LogP contribution in [0.15, 0.2) is 35.7 Å². The summed E-state index contributed by atoms with van der Waals surface area (Å²) in [7, 11) is 5.26. The normalized spacial score (nSPS) is 15.4. The van der Waals surface area contributed by atoms with Crippen molar-refractivity contribution in [3.05, 3.63) is 52.0 Å². The van der Waals surface area contributed by atoms with Gasteiger partial charge < -0.3 is 41.7 Å². The number of nitrogens with one attached hydrogen (secondary N) is 4. The van der Waals surface area contributed by atoms with Crippen molar-refractivity contribution in [3.63, 3.8) is 0 Å². The molecular weight excluding hydrogens is 883 g/mol. The molecule has 1 aliphatic rings. The van der Waals surface area contributed by atoms with E-state index in [0.717, 1.165) is 16.2 Å². The molecule has 0 fully saturated rings. The SMILES string of the molecule is CC[C@H](C)[C@H](NC(=O)C(C)(C)N(C)C)C(=O)N(C)[C@H](C[C@@H](OC(C)=O)c1nc(C(=O)N[C@@H](Cc2ccc(O)c(NC(=O)CCCN3C(=O)C=CC3=O)c2)CC(C)C(=O)NCCN)cs1)C(C)C. The Labute approximate surface area is 398 Å². The third-order valence-corrected chi connectivity index (χ3v) is 13.2. The van der Waals surface area contributed by atoms with Gasteiger partial charge >= 0.3 is 5.97 Å². The summed E-state index contributed by atoms with van der Waals surface area (Å²) < 4.78 is 5.81. The molecule has 7 amide bonds. The predicted octanol–water partition coefficient (Wildman–Crippen LogP) is 3.28. The second-order valence-electron chi connectivity index (χ2n) is 18.2. The van der Waals surface area contributed by atoms with Crippen LogP contribution in [0.3, 0.4) is 0 Å². The molecule has 19 nitrogen and oxygen atoms in total. The van der Waals surface area contributed by atoms with Gasteiger partial charge in [0.15, 0.2) is 6.10 Å². The van der Waals surface area contributed by atoms with Crippen LogP contribution in [0.1, 0.15) is 115 Å².